The maximum absolute atomic E-state index is 8.74. The number of nitrogens with zero attached hydrogens (tertiary/aromatic N) is 3. The van der Waals surface area contributed by atoms with Gasteiger partial charge in [-0.1, -0.05) is 30.8 Å². The van der Waals surface area contributed by atoms with E-state index >= 15 is 0 Å². The third-order valence-electron chi connectivity index (χ3n) is 2.59. The Labute approximate surface area is 111 Å². The number of hydrogen-bond donors (Lipinski definition) is 0. The number of hydrogen-bond acceptors (Lipinski definition) is 3. The lowest BCUT2D eigenvalue weighted by Crippen LogP contribution is -1.97. The first kappa shape index (κ1) is 12.7. The molecular weight excluding hydrogens is 242 g/mol. The predicted molar refractivity (Wildman–Crippen MR) is 73.2 cm³/mol. The molecule has 0 aliphatic rings. The van der Waals surface area contributed by atoms with E-state index in [2.05, 4.69) is 22.5 Å². The molecule has 0 spiro atoms. The van der Waals surface area contributed by atoms with Crippen LogP contribution in [0.15, 0.2) is 41.8 Å². The molecule has 4 heteroatoms. The molecule has 1 heterocycles. The highest BCUT2D eigenvalue weighted by Gasteiger charge is 2.03. The highest BCUT2D eigenvalue weighted by Crippen LogP contribution is 2.21. The van der Waals surface area contributed by atoms with Gasteiger partial charge in [0.25, 0.3) is 0 Å². The van der Waals surface area contributed by atoms with Crippen LogP contribution in [0.1, 0.15) is 24.5 Å². The van der Waals surface area contributed by atoms with E-state index in [-0.39, 0.29) is 0 Å². The van der Waals surface area contributed by atoms with Crippen molar-refractivity contribution >= 4 is 11.8 Å². The molecule has 2 aromatic rings. The molecule has 0 fully saturated rings. The second kappa shape index (κ2) is 6.27. The number of benzene rings is 1. The Morgan fingerprint density at radius 2 is 2.11 bits per heavy atom. The van der Waals surface area contributed by atoms with Crippen molar-refractivity contribution in [2.75, 3.05) is 0 Å². The highest BCUT2D eigenvalue weighted by molar-refractivity contribution is 7.98. The van der Waals surface area contributed by atoms with Crippen molar-refractivity contribution in [3.8, 4) is 6.07 Å². The lowest BCUT2D eigenvalue weighted by molar-refractivity contribution is 0.620. The normalized spacial score (nSPS) is 10.2. The van der Waals surface area contributed by atoms with Crippen molar-refractivity contribution in [2.24, 2.45) is 0 Å². The molecule has 0 unspecified atom stereocenters. The van der Waals surface area contributed by atoms with Crippen LogP contribution in [-0.2, 0) is 12.3 Å². The summed E-state index contributed by atoms with van der Waals surface area (Å²) in [6.07, 6.45) is 4.97. The number of rotatable bonds is 5. The second-order valence-corrected chi connectivity index (χ2v) is 4.94. The lowest BCUT2D eigenvalue weighted by Gasteiger charge is -2.05. The number of aromatic nitrogens is 2. The van der Waals surface area contributed by atoms with Gasteiger partial charge in [-0.25, -0.2) is 4.98 Å². The minimum Gasteiger partial charge on any atom is -0.326 e. The van der Waals surface area contributed by atoms with Gasteiger partial charge in [-0.3, -0.25) is 0 Å². The van der Waals surface area contributed by atoms with Gasteiger partial charge in [-0.2, -0.15) is 5.26 Å². The Morgan fingerprint density at radius 1 is 1.33 bits per heavy atom. The molecule has 2 rings (SSSR count). The average molecular weight is 257 g/mol. The summed E-state index contributed by atoms with van der Waals surface area (Å²) in [5, 5.41) is 9.79. The third-order valence-corrected chi connectivity index (χ3v) is 3.67. The third kappa shape index (κ3) is 3.14. The summed E-state index contributed by atoms with van der Waals surface area (Å²) in [6, 6.07) is 9.83. The first-order valence-corrected chi connectivity index (χ1v) is 6.95. The second-order valence-electron chi connectivity index (χ2n) is 4.00. The topological polar surface area (TPSA) is 41.6 Å². The van der Waals surface area contributed by atoms with E-state index in [1.54, 1.807) is 11.8 Å². The van der Waals surface area contributed by atoms with Crippen LogP contribution in [0, 0.1) is 11.3 Å². The molecule has 92 valence electrons. The Bertz CT molecular complexity index is 537. The zero-order valence-corrected chi connectivity index (χ0v) is 11.2. The summed E-state index contributed by atoms with van der Waals surface area (Å²) in [7, 11) is 0. The van der Waals surface area contributed by atoms with Crippen molar-refractivity contribution in [1.82, 2.24) is 9.55 Å². The SMILES string of the molecule is CCCn1ccnc1SCc1ccc(C#N)cc1. The van der Waals surface area contributed by atoms with E-state index in [1.807, 2.05) is 36.7 Å². The molecule has 0 aliphatic heterocycles. The van der Waals surface area contributed by atoms with Crippen LogP contribution in [-0.4, -0.2) is 9.55 Å². The average Bonchev–Trinajstić information content (AvgIpc) is 2.85. The summed E-state index contributed by atoms with van der Waals surface area (Å²) in [5.74, 6) is 0.881. The molecule has 0 amide bonds. The molecule has 0 aliphatic carbocycles. The van der Waals surface area contributed by atoms with E-state index in [4.69, 9.17) is 5.26 Å². The summed E-state index contributed by atoms with van der Waals surface area (Å²) in [6.45, 7) is 3.17. The summed E-state index contributed by atoms with van der Waals surface area (Å²) in [4.78, 5) is 4.36. The standard InChI is InChI=1S/C14H15N3S/c1-2-8-17-9-7-16-14(17)18-11-13-5-3-12(10-15)4-6-13/h3-7,9H,2,8,11H2,1H3. The first-order valence-electron chi connectivity index (χ1n) is 5.96. The fourth-order valence-electron chi connectivity index (χ4n) is 1.67. The molecule has 0 bridgehead atoms. The molecule has 18 heavy (non-hydrogen) atoms. The molecule has 0 atom stereocenters. The van der Waals surface area contributed by atoms with Crippen LogP contribution in [0.5, 0.6) is 0 Å². The minimum atomic E-state index is 0.705. The minimum absolute atomic E-state index is 0.705. The Hall–Kier alpha value is -1.73. The smallest absolute Gasteiger partial charge is 0.168 e. The monoisotopic (exact) mass is 257 g/mol. The van der Waals surface area contributed by atoms with Gasteiger partial charge >= 0.3 is 0 Å². The first-order chi connectivity index (χ1) is 8.83. The van der Waals surface area contributed by atoms with Gasteiger partial charge in [0.2, 0.25) is 0 Å². The van der Waals surface area contributed by atoms with E-state index in [0.29, 0.717) is 5.56 Å². The van der Waals surface area contributed by atoms with E-state index < -0.39 is 0 Å². The zero-order chi connectivity index (χ0) is 12.8. The molecule has 0 saturated heterocycles. The maximum atomic E-state index is 8.74. The van der Waals surface area contributed by atoms with Gasteiger partial charge in [0.05, 0.1) is 11.6 Å². The number of imidazole rings is 1. The van der Waals surface area contributed by atoms with Crippen LogP contribution in [0.25, 0.3) is 0 Å². The summed E-state index contributed by atoms with van der Waals surface area (Å²) < 4.78 is 2.17. The maximum Gasteiger partial charge on any atom is 0.168 e. The Morgan fingerprint density at radius 3 is 2.78 bits per heavy atom. The zero-order valence-electron chi connectivity index (χ0n) is 10.3. The highest BCUT2D eigenvalue weighted by atomic mass is 32.2. The van der Waals surface area contributed by atoms with E-state index in [0.717, 1.165) is 23.9 Å². The largest absolute Gasteiger partial charge is 0.326 e. The van der Waals surface area contributed by atoms with Crippen LogP contribution in [0.2, 0.25) is 0 Å². The van der Waals surface area contributed by atoms with Gasteiger partial charge < -0.3 is 4.57 Å². The van der Waals surface area contributed by atoms with E-state index in [1.165, 1.54) is 5.56 Å². The van der Waals surface area contributed by atoms with Gasteiger partial charge in [0, 0.05) is 24.7 Å². The number of aryl methyl sites for hydroxylation is 1. The van der Waals surface area contributed by atoms with Gasteiger partial charge in [-0.15, -0.1) is 0 Å². The van der Waals surface area contributed by atoms with Gasteiger partial charge in [0.1, 0.15) is 0 Å². The summed E-state index contributed by atoms with van der Waals surface area (Å²) in [5.41, 5.74) is 1.92. The number of thioether (sulfide) groups is 1. The van der Waals surface area contributed by atoms with E-state index in [9.17, 15) is 0 Å². The quantitative estimate of drug-likeness (QED) is 0.770. The molecular formula is C14H15N3S. The molecule has 0 radical (unpaired) electrons. The Balaban J connectivity index is 1.98. The van der Waals surface area contributed by atoms with Crippen molar-refractivity contribution in [1.29, 1.82) is 5.26 Å². The van der Waals surface area contributed by atoms with Crippen molar-refractivity contribution < 1.29 is 0 Å². The molecule has 0 saturated carbocycles. The molecule has 1 aromatic carbocycles. The molecule has 1 aromatic heterocycles. The number of nitriles is 1. The van der Waals surface area contributed by atoms with Crippen LogP contribution in [0.4, 0.5) is 0 Å². The fraction of sp³-hybridized carbons (Fsp3) is 0.286. The van der Waals surface area contributed by atoms with Crippen LogP contribution >= 0.6 is 11.8 Å². The summed E-state index contributed by atoms with van der Waals surface area (Å²) >= 11 is 1.73. The molecule has 3 nitrogen and oxygen atoms in total. The fourth-order valence-corrected chi connectivity index (χ4v) is 2.61. The van der Waals surface area contributed by atoms with Crippen LogP contribution < -0.4 is 0 Å². The lowest BCUT2D eigenvalue weighted by atomic mass is 10.2. The van der Waals surface area contributed by atoms with Crippen molar-refractivity contribution in [3.63, 3.8) is 0 Å². The van der Waals surface area contributed by atoms with Gasteiger partial charge in [0.15, 0.2) is 5.16 Å². The predicted octanol–water partition coefficient (Wildman–Crippen LogP) is 3.46. The van der Waals surface area contributed by atoms with Crippen molar-refractivity contribution in [3.05, 3.63) is 47.8 Å². The van der Waals surface area contributed by atoms with Crippen molar-refractivity contribution in [2.45, 2.75) is 30.8 Å². The Kier molecular flexibility index (Phi) is 4.43. The molecule has 0 N–H and O–H groups in total. The van der Waals surface area contributed by atoms with Gasteiger partial charge in [-0.05, 0) is 24.1 Å². The van der Waals surface area contributed by atoms with Crippen LogP contribution in [0.3, 0.4) is 0 Å².